The third-order valence-electron chi connectivity index (χ3n) is 3.01. The second-order valence-corrected chi connectivity index (χ2v) is 5.15. The summed E-state index contributed by atoms with van der Waals surface area (Å²) in [5.74, 6) is -0.0601. The van der Waals surface area contributed by atoms with Crippen molar-refractivity contribution in [3.63, 3.8) is 0 Å². The normalized spacial score (nSPS) is 26.5. The van der Waals surface area contributed by atoms with Crippen LogP contribution < -0.4 is 0 Å². The molecule has 1 aliphatic heterocycles. The molecule has 0 unspecified atom stereocenters. The lowest BCUT2D eigenvalue weighted by atomic mass is 9.99. The monoisotopic (exact) mass is 229 g/mol. The average Bonchev–Trinajstić information content (AvgIpc) is 2.54. The lowest BCUT2D eigenvalue weighted by Crippen LogP contribution is -2.27. The number of rotatable bonds is 6. The van der Waals surface area contributed by atoms with E-state index < -0.39 is 5.97 Å². The van der Waals surface area contributed by atoms with Gasteiger partial charge in [-0.1, -0.05) is 20.8 Å². The van der Waals surface area contributed by atoms with E-state index in [1.165, 1.54) is 0 Å². The Labute approximate surface area is 97.6 Å². The molecule has 0 aromatic carbocycles. The smallest absolute Gasteiger partial charge is 0.308 e. The zero-order chi connectivity index (χ0) is 12.1. The molecule has 1 N–H and O–H groups in total. The predicted molar refractivity (Wildman–Crippen MR) is 62.4 cm³/mol. The molecule has 0 aromatic rings. The Morgan fingerprint density at radius 1 is 1.50 bits per heavy atom. The SMILES string of the molecule is CC(C)COCCN1C[C@@H](C)[C@H](C(=O)O)C1. The molecule has 1 fully saturated rings. The topological polar surface area (TPSA) is 49.8 Å². The molecule has 2 atom stereocenters. The van der Waals surface area contributed by atoms with E-state index in [4.69, 9.17) is 9.84 Å². The van der Waals surface area contributed by atoms with E-state index in [-0.39, 0.29) is 11.8 Å². The molecule has 1 aliphatic rings. The lowest BCUT2D eigenvalue weighted by Gasteiger charge is -2.15. The van der Waals surface area contributed by atoms with Crippen LogP contribution in [0.5, 0.6) is 0 Å². The van der Waals surface area contributed by atoms with Gasteiger partial charge in [-0.2, -0.15) is 0 Å². The van der Waals surface area contributed by atoms with Crippen molar-refractivity contribution in [2.45, 2.75) is 20.8 Å². The molecule has 0 bridgehead atoms. The van der Waals surface area contributed by atoms with Gasteiger partial charge < -0.3 is 9.84 Å². The Balaban J connectivity index is 2.18. The molecule has 4 nitrogen and oxygen atoms in total. The summed E-state index contributed by atoms with van der Waals surface area (Å²) < 4.78 is 5.50. The quantitative estimate of drug-likeness (QED) is 0.698. The van der Waals surface area contributed by atoms with Crippen molar-refractivity contribution in [3.8, 4) is 0 Å². The van der Waals surface area contributed by atoms with Gasteiger partial charge in [0.25, 0.3) is 0 Å². The molecule has 0 spiro atoms. The maximum atomic E-state index is 10.9. The molecular formula is C12H23NO3. The minimum absolute atomic E-state index is 0.204. The minimum Gasteiger partial charge on any atom is -0.481 e. The van der Waals surface area contributed by atoms with Gasteiger partial charge in [0.15, 0.2) is 0 Å². The second-order valence-electron chi connectivity index (χ2n) is 5.15. The largest absolute Gasteiger partial charge is 0.481 e. The number of carbonyl (C=O) groups is 1. The summed E-state index contributed by atoms with van der Waals surface area (Å²) >= 11 is 0. The molecule has 0 aliphatic carbocycles. The van der Waals surface area contributed by atoms with Crippen LogP contribution >= 0.6 is 0 Å². The van der Waals surface area contributed by atoms with Crippen LogP contribution in [-0.4, -0.2) is 48.8 Å². The van der Waals surface area contributed by atoms with E-state index in [1.54, 1.807) is 0 Å². The Morgan fingerprint density at radius 2 is 2.19 bits per heavy atom. The van der Waals surface area contributed by atoms with Gasteiger partial charge in [0, 0.05) is 26.2 Å². The van der Waals surface area contributed by atoms with Gasteiger partial charge in [-0.05, 0) is 11.8 Å². The lowest BCUT2D eigenvalue weighted by molar-refractivity contribution is -0.142. The summed E-state index contributed by atoms with van der Waals surface area (Å²) in [6, 6.07) is 0. The minimum atomic E-state index is -0.668. The van der Waals surface area contributed by atoms with Gasteiger partial charge in [-0.3, -0.25) is 9.69 Å². The zero-order valence-corrected chi connectivity index (χ0v) is 10.5. The van der Waals surface area contributed by atoms with Crippen molar-refractivity contribution in [3.05, 3.63) is 0 Å². The first kappa shape index (κ1) is 13.5. The van der Waals surface area contributed by atoms with Gasteiger partial charge in [0.2, 0.25) is 0 Å². The van der Waals surface area contributed by atoms with Crippen molar-refractivity contribution in [1.29, 1.82) is 0 Å². The van der Waals surface area contributed by atoms with Crippen LogP contribution in [0.3, 0.4) is 0 Å². The first-order chi connectivity index (χ1) is 7.50. The molecule has 16 heavy (non-hydrogen) atoms. The maximum absolute atomic E-state index is 10.9. The van der Waals surface area contributed by atoms with E-state index >= 15 is 0 Å². The Bertz CT molecular complexity index is 230. The van der Waals surface area contributed by atoms with Gasteiger partial charge in [0.05, 0.1) is 12.5 Å². The number of nitrogens with zero attached hydrogens (tertiary/aromatic N) is 1. The highest BCUT2D eigenvalue weighted by molar-refractivity contribution is 5.71. The van der Waals surface area contributed by atoms with Crippen LogP contribution in [0.4, 0.5) is 0 Å². The van der Waals surface area contributed by atoms with Crippen LogP contribution in [0, 0.1) is 17.8 Å². The van der Waals surface area contributed by atoms with Crippen LogP contribution in [0.1, 0.15) is 20.8 Å². The Hall–Kier alpha value is -0.610. The number of carboxylic acid groups (broad SMARTS) is 1. The molecule has 0 saturated carbocycles. The molecule has 94 valence electrons. The second kappa shape index (κ2) is 6.21. The third kappa shape index (κ3) is 4.10. The molecule has 1 rings (SSSR count). The number of ether oxygens (including phenoxy) is 1. The zero-order valence-electron chi connectivity index (χ0n) is 10.5. The highest BCUT2D eigenvalue weighted by atomic mass is 16.5. The van der Waals surface area contributed by atoms with E-state index in [0.717, 1.165) is 19.7 Å². The maximum Gasteiger partial charge on any atom is 0.308 e. The standard InChI is InChI=1S/C12H23NO3/c1-9(2)8-16-5-4-13-6-10(3)11(7-13)12(14)15/h9-11H,4-8H2,1-3H3,(H,14,15)/t10-,11-/m1/s1. The highest BCUT2D eigenvalue weighted by Gasteiger charge is 2.34. The average molecular weight is 229 g/mol. The van der Waals surface area contributed by atoms with E-state index in [2.05, 4.69) is 18.7 Å². The van der Waals surface area contributed by atoms with Gasteiger partial charge in [0.1, 0.15) is 0 Å². The van der Waals surface area contributed by atoms with Crippen molar-refractivity contribution >= 4 is 5.97 Å². The van der Waals surface area contributed by atoms with E-state index in [1.807, 2.05) is 6.92 Å². The number of aliphatic carboxylic acids is 1. The van der Waals surface area contributed by atoms with Gasteiger partial charge in [-0.15, -0.1) is 0 Å². The fourth-order valence-electron chi connectivity index (χ4n) is 2.08. The first-order valence-corrected chi connectivity index (χ1v) is 6.03. The van der Waals surface area contributed by atoms with Crippen LogP contribution in [0.25, 0.3) is 0 Å². The van der Waals surface area contributed by atoms with E-state index in [9.17, 15) is 4.79 Å². The summed E-state index contributed by atoms with van der Waals surface area (Å²) in [5, 5.41) is 8.99. The molecule has 1 heterocycles. The molecular weight excluding hydrogens is 206 g/mol. The van der Waals surface area contributed by atoms with Crippen LogP contribution in [0.2, 0.25) is 0 Å². The number of hydrogen-bond donors (Lipinski definition) is 1. The fourth-order valence-corrected chi connectivity index (χ4v) is 2.08. The van der Waals surface area contributed by atoms with Gasteiger partial charge in [-0.25, -0.2) is 0 Å². The highest BCUT2D eigenvalue weighted by Crippen LogP contribution is 2.22. The predicted octanol–water partition coefficient (Wildman–Crippen LogP) is 1.31. The van der Waals surface area contributed by atoms with Crippen molar-refractivity contribution < 1.29 is 14.6 Å². The molecule has 1 saturated heterocycles. The Morgan fingerprint density at radius 3 is 2.69 bits per heavy atom. The summed E-state index contributed by atoms with van der Waals surface area (Å²) in [5.41, 5.74) is 0. The van der Waals surface area contributed by atoms with Gasteiger partial charge >= 0.3 is 5.97 Å². The number of likely N-dealkylation sites (tertiary alicyclic amines) is 1. The first-order valence-electron chi connectivity index (χ1n) is 6.03. The molecule has 0 aromatic heterocycles. The molecule has 0 amide bonds. The molecule has 0 radical (unpaired) electrons. The Kier molecular flexibility index (Phi) is 5.22. The number of carboxylic acids is 1. The van der Waals surface area contributed by atoms with Crippen molar-refractivity contribution in [1.82, 2.24) is 4.90 Å². The van der Waals surface area contributed by atoms with E-state index in [0.29, 0.717) is 19.1 Å². The summed E-state index contributed by atoms with van der Waals surface area (Å²) in [4.78, 5) is 13.1. The summed E-state index contributed by atoms with van der Waals surface area (Å²) in [6.45, 7) is 10.1. The third-order valence-corrected chi connectivity index (χ3v) is 3.01. The van der Waals surface area contributed by atoms with Crippen LogP contribution in [-0.2, 0) is 9.53 Å². The summed E-state index contributed by atoms with van der Waals surface area (Å²) in [6.07, 6.45) is 0. The molecule has 4 heteroatoms. The van der Waals surface area contributed by atoms with Crippen LogP contribution in [0.15, 0.2) is 0 Å². The number of hydrogen-bond acceptors (Lipinski definition) is 3. The summed E-state index contributed by atoms with van der Waals surface area (Å²) in [7, 11) is 0. The van der Waals surface area contributed by atoms with Crippen molar-refractivity contribution in [2.75, 3.05) is 32.8 Å². The fraction of sp³-hybridized carbons (Fsp3) is 0.917. The van der Waals surface area contributed by atoms with Crippen molar-refractivity contribution in [2.24, 2.45) is 17.8 Å².